The van der Waals surface area contributed by atoms with E-state index in [1.807, 2.05) is 32.8 Å². The van der Waals surface area contributed by atoms with E-state index in [1.54, 1.807) is 12.1 Å². The van der Waals surface area contributed by atoms with Gasteiger partial charge >= 0.3 is 7.12 Å². The van der Waals surface area contributed by atoms with E-state index in [0.29, 0.717) is 24.4 Å². The molecular weight excluding hydrogens is 272 g/mol. The predicted octanol–water partition coefficient (Wildman–Crippen LogP) is 1.80. The number of ether oxygens (including phenoxy) is 1. The van der Waals surface area contributed by atoms with Crippen LogP contribution in [0, 0.1) is 5.82 Å². The maximum Gasteiger partial charge on any atom is 0.563 e. The van der Waals surface area contributed by atoms with E-state index in [1.165, 1.54) is 6.07 Å². The first-order chi connectivity index (χ1) is 9.79. The van der Waals surface area contributed by atoms with E-state index >= 15 is 0 Å². The van der Waals surface area contributed by atoms with Crippen molar-refractivity contribution in [1.29, 1.82) is 0 Å². The summed E-state index contributed by atoms with van der Waals surface area (Å²) in [6.07, 6.45) is 0. The van der Waals surface area contributed by atoms with Crippen LogP contribution in [0.5, 0.6) is 5.75 Å². The molecule has 0 aliphatic carbocycles. The van der Waals surface area contributed by atoms with Crippen molar-refractivity contribution in [3.8, 4) is 5.75 Å². The summed E-state index contributed by atoms with van der Waals surface area (Å²) in [5, 5.41) is 0. The van der Waals surface area contributed by atoms with Crippen LogP contribution in [0.3, 0.4) is 0 Å². The first kappa shape index (κ1) is 15.9. The summed E-state index contributed by atoms with van der Waals surface area (Å²) in [6.45, 7) is 8.73. The van der Waals surface area contributed by atoms with Crippen molar-refractivity contribution in [3.63, 3.8) is 0 Å². The van der Waals surface area contributed by atoms with E-state index in [2.05, 4.69) is 6.58 Å². The molecule has 0 aromatic heterocycles. The molecule has 6 heteroatoms. The lowest BCUT2D eigenvalue weighted by Gasteiger charge is -2.15. The number of benzene rings is 1. The summed E-state index contributed by atoms with van der Waals surface area (Å²) in [4.78, 5) is 1.97. The van der Waals surface area contributed by atoms with Gasteiger partial charge in [0, 0.05) is 12.0 Å². The molecular formula is C15H21BFNO3. The van der Waals surface area contributed by atoms with Gasteiger partial charge < -0.3 is 18.9 Å². The fourth-order valence-corrected chi connectivity index (χ4v) is 1.88. The molecule has 0 N–H and O–H groups in total. The highest BCUT2D eigenvalue weighted by Gasteiger charge is 2.43. The van der Waals surface area contributed by atoms with Gasteiger partial charge in [0.15, 0.2) is 11.6 Å². The molecule has 4 nitrogen and oxygen atoms in total. The minimum absolute atomic E-state index is 0.205. The summed E-state index contributed by atoms with van der Waals surface area (Å²) in [6, 6.07) is 4.61. The van der Waals surface area contributed by atoms with Crippen LogP contribution in [0.25, 0.3) is 0 Å². The van der Waals surface area contributed by atoms with Gasteiger partial charge in [0.25, 0.3) is 0 Å². The molecule has 1 fully saturated rings. The Bertz CT molecular complexity index is 534. The summed E-state index contributed by atoms with van der Waals surface area (Å²) in [5.41, 5.74) is 0.160. The Balaban J connectivity index is 2.10. The number of rotatable bonds is 5. The van der Waals surface area contributed by atoms with E-state index in [0.717, 1.165) is 0 Å². The largest absolute Gasteiger partial charge is 0.563 e. The van der Waals surface area contributed by atoms with Crippen LogP contribution in [-0.4, -0.2) is 44.9 Å². The maximum absolute atomic E-state index is 13.8. The van der Waals surface area contributed by atoms with Gasteiger partial charge in [0.2, 0.25) is 0 Å². The molecule has 0 spiro atoms. The molecule has 1 heterocycles. The van der Waals surface area contributed by atoms with Gasteiger partial charge in [-0.05, 0) is 40.1 Å². The number of hydrogen-bond acceptors (Lipinski definition) is 4. The van der Waals surface area contributed by atoms with Crippen LogP contribution >= 0.6 is 0 Å². The van der Waals surface area contributed by atoms with Crippen molar-refractivity contribution < 1.29 is 18.4 Å². The lowest BCUT2D eigenvalue weighted by molar-refractivity contribution is 0.173. The third kappa shape index (κ3) is 3.77. The molecule has 1 aliphatic heterocycles. The first-order valence-corrected chi connectivity index (χ1v) is 6.90. The predicted molar refractivity (Wildman–Crippen MR) is 81.2 cm³/mol. The first-order valence-electron chi connectivity index (χ1n) is 6.90. The zero-order valence-electron chi connectivity index (χ0n) is 13.0. The molecule has 0 atom stereocenters. The van der Waals surface area contributed by atoms with Gasteiger partial charge in [0.1, 0.15) is 12.2 Å². The maximum atomic E-state index is 13.8. The van der Waals surface area contributed by atoms with E-state index in [4.69, 9.17) is 14.0 Å². The van der Waals surface area contributed by atoms with Crippen molar-refractivity contribution >= 4 is 12.6 Å². The molecule has 0 saturated carbocycles. The molecule has 21 heavy (non-hydrogen) atoms. The standard InChI is InChI=1S/C15H21BFNO3/c1-11-15(2,3)21-16(20-11)12-6-7-13(17)14(10-12)19-9-8-18(4)5/h6-7,10H,1,8-9H2,2-5H3. The van der Waals surface area contributed by atoms with Gasteiger partial charge in [-0.1, -0.05) is 12.6 Å². The monoisotopic (exact) mass is 293 g/mol. The second kappa shape index (κ2) is 6.07. The van der Waals surface area contributed by atoms with Crippen LogP contribution in [0.15, 0.2) is 30.5 Å². The van der Waals surface area contributed by atoms with E-state index in [9.17, 15) is 4.39 Å². The average Bonchev–Trinajstić information content (AvgIpc) is 2.66. The minimum atomic E-state index is -0.579. The Morgan fingerprint density at radius 1 is 1.38 bits per heavy atom. The summed E-state index contributed by atoms with van der Waals surface area (Å²) >= 11 is 0. The zero-order valence-corrected chi connectivity index (χ0v) is 13.0. The van der Waals surface area contributed by atoms with Crippen LogP contribution < -0.4 is 10.2 Å². The molecule has 1 saturated heterocycles. The van der Waals surface area contributed by atoms with E-state index in [-0.39, 0.29) is 5.75 Å². The van der Waals surface area contributed by atoms with Gasteiger partial charge in [0.05, 0.1) is 5.76 Å². The third-order valence-corrected chi connectivity index (χ3v) is 3.35. The molecule has 1 aliphatic rings. The minimum Gasteiger partial charge on any atom is -0.534 e. The lowest BCUT2D eigenvalue weighted by atomic mass is 9.79. The second-order valence-corrected chi connectivity index (χ2v) is 5.84. The van der Waals surface area contributed by atoms with Gasteiger partial charge in [-0.2, -0.15) is 0 Å². The number of likely N-dealkylation sites (N-methyl/N-ethyl adjacent to an activating group) is 1. The Morgan fingerprint density at radius 3 is 2.67 bits per heavy atom. The molecule has 0 unspecified atom stereocenters. The molecule has 1 aromatic rings. The highest BCUT2D eigenvalue weighted by atomic mass is 19.1. The van der Waals surface area contributed by atoms with Crippen LogP contribution in [0.4, 0.5) is 4.39 Å². The fourth-order valence-electron chi connectivity index (χ4n) is 1.88. The van der Waals surface area contributed by atoms with Gasteiger partial charge in [-0.3, -0.25) is 0 Å². The van der Waals surface area contributed by atoms with Crippen molar-refractivity contribution in [2.24, 2.45) is 0 Å². The Morgan fingerprint density at radius 2 is 2.10 bits per heavy atom. The number of hydrogen-bond donors (Lipinski definition) is 0. The average molecular weight is 293 g/mol. The quantitative estimate of drug-likeness (QED) is 0.775. The lowest BCUT2D eigenvalue weighted by Crippen LogP contribution is -2.34. The van der Waals surface area contributed by atoms with Crippen molar-refractivity contribution in [2.45, 2.75) is 19.4 Å². The summed E-state index contributed by atoms with van der Waals surface area (Å²) in [5.74, 6) is 0.373. The SMILES string of the molecule is C=C1OB(c2ccc(F)c(OCCN(C)C)c2)OC1(C)C. The molecule has 0 amide bonds. The molecule has 1 aromatic carbocycles. The number of halogens is 1. The Labute approximate surface area is 125 Å². The smallest absolute Gasteiger partial charge is 0.534 e. The Hall–Kier alpha value is -1.53. The zero-order chi connectivity index (χ0) is 15.6. The highest BCUT2D eigenvalue weighted by Crippen LogP contribution is 2.29. The third-order valence-electron chi connectivity index (χ3n) is 3.35. The van der Waals surface area contributed by atoms with Gasteiger partial charge in [-0.15, -0.1) is 0 Å². The van der Waals surface area contributed by atoms with Crippen LogP contribution in [0.2, 0.25) is 0 Å². The molecule has 114 valence electrons. The summed E-state index contributed by atoms with van der Waals surface area (Å²) in [7, 11) is 3.29. The molecule has 0 bridgehead atoms. The molecule has 0 radical (unpaired) electrons. The van der Waals surface area contributed by atoms with Crippen molar-refractivity contribution in [3.05, 3.63) is 36.4 Å². The Kier molecular flexibility index (Phi) is 4.59. The number of nitrogens with zero attached hydrogens (tertiary/aromatic N) is 1. The van der Waals surface area contributed by atoms with Crippen molar-refractivity contribution in [2.75, 3.05) is 27.2 Å². The highest BCUT2D eigenvalue weighted by molar-refractivity contribution is 6.62. The van der Waals surface area contributed by atoms with Crippen molar-refractivity contribution in [1.82, 2.24) is 4.90 Å². The normalized spacial score (nSPS) is 17.2. The topological polar surface area (TPSA) is 30.9 Å². The fraction of sp³-hybridized carbons (Fsp3) is 0.467. The van der Waals surface area contributed by atoms with Crippen LogP contribution in [0.1, 0.15) is 13.8 Å². The summed E-state index contributed by atoms with van der Waals surface area (Å²) < 4.78 is 30.6. The molecule has 2 rings (SSSR count). The van der Waals surface area contributed by atoms with Gasteiger partial charge in [-0.25, -0.2) is 4.39 Å². The second-order valence-electron chi connectivity index (χ2n) is 5.84. The van der Waals surface area contributed by atoms with E-state index < -0.39 is 18.5 Å². The van der Waals surface area contributed by atoms with Crippen LogP contribution in [-0.2, 0) is 9.31 Å².